The maximum Gasteiger partial charge on any atom is 0.335 e. The first kappa shape index (κ1) is 56.7. The van der Waals surface area contributed by atoms with Crippen LogP contribution >= 0.6 is 0 Å². The van der Waals surface area contributed by atoms with Crippen molar-refractivity contribution in [1.82, 2.24) is 0 Å². The van der Waals surface area contributed by atoms with Gasteiger partial charge in [-0.15, -0.1) is 0 Å². The van der Waals surface area contributed by atoms with Gasteiger partial charge in [-0.25, -0.2) is 4.79 Å². The van der Waals surface area contributed by atoms with Crippen molar-refractivity contribution in [1.29, 1.82) is 0 Å². The molecule has 4 saturated heterocycles. The average molecular weight is 1060 g/mol. The highest BCUT2D eigenvalue weighted by atomic mass is 16.8. The molecule has 422 valence electrons. The van der Waals surface area contributed by atoms with E-state index in [0.29, 0.717) is 32.1 Å². The van der Waals surface area contributed by atoms with Gasteiger partial charge in [-0.2, -0.15) is 0 Å². The minimum Gasteiger partial charge on any atom is -0.479 e. The topological polar surface area (TPSA) is 351 Å². The molecule has 4 heterocycles. The highest BCUT2D eigenvalue weighted by Crippen LogP contribution is 2.76. The zero-order valence-corrected chi connectivity index (χ0v) is 43.5. The smallest absolute Gasteiger partial charge is 0.335 e. The fourth-order valence-corrected chi connectivity index (χ4v) is 15.9. The lowest BCUT2D eigenvalue weighted by Gasteiger charge is -2.71. The summed E-state index contributed by atoms with van der Waals surface area (Å²) in [5.74, 6) is -2.08. The second-order valence-corrected chi connectivity index (χ2v) is 25.6. The molecular weight excluding hydrogens is 977 g/mol. The largest absolute Gasteiger partial charge is 0.479 e. The van der Waals surface area contributed by atoms with Crippen LogP contribution < -0.4 is 0 Å². The summed E-state index contributed by atoms with van der Waals surface area (Å²) in [4.78, 5) is 27.7. The predicted octanol–water partition coefficient (Wildman–Crippen LogP) is -0.663. The Hall–Kier alpha value is -2.04. The molecule has 22 heteroatoms. The molecule has 25 atom stereocenters. The number of aliphatic hydroxyl groups excluding tert-OH is 10. The summed E-state index contributed by atoms with van der Waals surface area (Å²) in [6.07, 6.45) is -18.7. The Balaban J connectivity index is 0.975. The summed E-state index contributed by atoms with van der Waals surface area (Å²) in [6.45, 7) is 13.1. The number of fused-ring (bicyclic) bond motifs is 7. The van der Waals surface area contributed by atoms with Crippen molar-refractivity contribution in [3.8, 4) is 0 Å². The van der Waals surface area contributed by atoms with Crippen LogP contribution in [0.25, 0.3) is 0 Å². The number of aliphatic carboxylic acids is 1. The van der Waals surface area contributed by atoms with Crippen LogP contribution in [0, 0.1) is 50.2 Å². The number of aliphatic hydroxyl groups is 11. The molecule has 12 N–H and O–H groups in total. The van der Waals surface area contributed by atoms with Gasteiger partial charge in [0.15, 0.2) is 25.0 Å². The van der Waals surface area contributed by atoms with Crippen LogP contribution in [-0.2, 0) is 47.5 Å². The zero-order valence-electron chi connectivity index (χ0n) is 43.5. The lowest BCUT2D eigenvalue weighted by atomic mass is 9.33. The Morgan fingerprint density at radius 1 is 0.689 bits per heavy atom. The van der Waals surface area contributed by atoms with Gasteiger partial charge in [-0.1, -0.05) is 60.1 Å². The number of ether oxygens (including phenoxy) is 8. The fourth-order valence-electron chi connectivity index (χ4n) is 15.9. The highest BCUT2D eigenvalue weighted by molar-refractivity contribution is 5.79. The molecular formula is C52H82O22. The molecule has 0 radical (unpaired) electrons. The van der Waals surface area contributed by atoms with Crippen molar-refractivity contribution in [2.75, 3.05) is 26.4 Å². The lowest BCUT2D eigenvalue weighted by Crippen LogP contribution is -2.67. The average Bonchev–Trinajstić information content (AvgIpc) is 3.63. The number of esters is 1. The van der Waals surface area contributed by atoms with Gasteiger partial charge in [0.1, 0.15) is 72.7 Å². The van der Waals surface area contributed by atoms with E-state index in [0.717, 1.165) is 32.1 Å². The van der Waals surface area contributed by atoms with Gasteiger partial charge in [0.2, 0.25) is 6.29 Å². The van der Waals surface area contributed by atoms with Gasteiger partial charge < -0.3 is 99.2 Å². The first-order valence-corrected chi connectivity index (χ1v) is 26.6. The zero-order chi connectivity index (χ0) is 54.0. The van der Waals surface area contributed by atoms with Crippen molar-refractivity contribution in [3.05, 3.63) is 11.6 Å². The van der Waals surface area contributed by atoms with Crippen LogP contribution in [0.5, 0.6) is 0 Å². The van der Waals surface area contributed by atoms with Gasteiger partial charge >= 0.3 is 11.9 Å². The molecule has 0 bridgehead atoms. The third kappa shape index (κ3) is 8.94. The molecule has 0 amide bonds. The molecule has 4 saturated carbocycles. The minimum absolute atomic E-state index is 0.0424. The number of carbonyl (C=O) groups excluding carboxylic acids is 1. The number of carboxylic acids is 1. The third-order valence-electron chi connectivity index (χ3n) is 20.7. The molecule has 9 rings (SSSR count). The van der Waals surface area contributed by atoms with Gasteiger partial charge in [0.05, 0.1) is 37.9 Å². The minimum atomic E-state index is -2.15. The Kier molecular flexibility index (Phi) is 15.3. The summed E-state index contributed by atoms with van der Waals surface area (Å²) >= 11 is 0. The van der Waals surface area contributed by atoms with Crippen LogP contribution in [0.1, 0.15) is 113 Å². The third-order valence-corrected chi connectivity index (χ3v) is 20.7. The van der Waals surface area contributed by atoms with Crippen molar-refractivity contribution in [3.63, 3.8) is 0 Å². The maximum atomic E-state index is 14.8. The van der Waals surface area contributed by atoms with Crippen molar-refractivity contribution in [2.24, 2.45) is 50.2 Å². The number of allylic oxidation sites excluding steroid dienone is 2. The van der Waals surface area contributed by atoms with Crippen molar-refractivity contribution in [2.45, 2.75) is 223 Å². The molecule has 0 aromatic heterocycles. The van der Waals surface area contributed by atoms with Gasteiger partial charge in [0, 0.05) is 0 Å². The number of hydrogen-bond donors (Lipinski definition) is 12. The predicted molar refractivity (Wildman–Crippen MR) is 251 cm³/mol. The maximum absolute atomic E-state index is 14.8. The molecule has 0 unspecified atom stereocenters. The van der Waals surface area contributed by atoms with Crippen LogP contribution in [0.2, 0.25) is 0 Å². The summed E-state index contributed by atoms with van der Waals surface area (Å²) in [5.41, 5.74) is -3.41. The standard InChI is InChI=1S/C52H82O22/c1-46(2)14-16-51(45(65)74-42-34(60)32(58)31(57)26(19-53)69-42)17-15-49(6)23(24(51)18-46)8-9-28-48(5)12-11-29(47(3,4)27(48)10-13-50(28,49)7)70-43-37(72-41-33(59)30(56)25(55)20-67-41)35(61)36(38(73-43)40(63)64)71-44-39(62)52(66,21-54)22-68-44/h8,24-39,41-44,53-62,66H,9-22H2,1-7H3,(H,63,64)/t24-,25-,26+,27-,28+,29-,30-,31+,32-,33+,34+,35-,36-,37+,38-,39-,41-,42-,43+,44-,48-,49+,50+,51-,52+/m0/s1. The van der Waals surface area contributed by atoms with Crippen LogP contribution in [0.3, 0.4) is 0 Å². The van der Waals surface area contributed by atoms with E-state index in [2.05, 4.69) is 54.5 Å². The molecule has 5 aliphatic carbocycles. The van der Waals surface area contributed by atoms with Crippen LogP contribution in [0.15, 0.2) is 11.6 Å². The van der Waals surface area contributed by atoms with Crippen molar-refractivity contribution < 1.29 is 109 Å². The van der Waals surface area contributed by atoms with E-state index in [-0.39, 0.29) is 39.4 Å². The van der Waals surface area contributed by atoms with E-state index in [1.165, 1.54) is 5.57 Å². The Morgan fingerprint density at radius 2 is 1.36 bits per heavy atom. The quantitative estimate of drug-likeness (QED) is 0.0694. The van der Waals surface area contributed by atoms with E-state index >= 15 is 0 Å². The van der Waals surface area contributed by atoms with Gasteiger partial charge in [0.25, 0.3) is 0 Å². The highest BCUT2D eigenvalue weighted by Gasteiger charge is 2.70. The second-order valence-electron chi connectivity index (χ2n) is 25.6. The molecule has 22 nitrogen and oxygen atoms in total. The van der Waals surface area contributed by atoms with E-state index in [4.69, 9.17) is 37.9 Å². The first-order chi connectivity index (χ1) is 34.5. The normalized spacial score (nSPS) is 52.9. The molecule has 4 aliphatic heterocycles. The molecule has 0 spiro atoms. The molecule has 74 heavy (non-hydrogen) atoms. The van der Waals surface area contributed by atoms with Gasteiger partial charge in [-0.3, -0.25) is 4.79 Å². The summed E-state index contributed by atoms with van der Waals surface area (Å²) in [7, 11) is 0. The molecule has 0 aromatic carbocycles. The second kappa shape index (κ2) is 19.9. The number of hydrogen-bond acceptors (Lipinski definition) is 21. The van der Waals surface area contributed by atoms with E-state index < -0.39 is 159 Å². The number of carboxylic acid groups (broad SMARTS) is 1. The molecule has 8 fully saturated rings. The fraction of sp³-hybridized carbons (Fsp3) is 0.923. The molecule has 0 aromatic rings. The SMILES string of the molecule is CC1(C)CC[C@]2(C(=O)O[C@@H]3O[C@H](CO)[C@@H](O)[C@H](O)[C@H]3O)CC[C@]3(C)C(=CC[C@@H]4[C@@]5(C)CC[C@H](O[C@@H]6O[C@H](C(=O)O)[C@@H](O[C@@H]7OC[C@](O)(CO)[C@H]7O)[C@H](O)[C@H]6O[C@@H]6OC[C@H](O)[C@H](O)[C@H]6O)C(C)(C)[C@@H]5CC[C@]43C)[C@@H]2C1. The molecule has 9 aliphatic rings. The number of carbonyl (C=O) groups is 2. The summed E-state index contributed by atoms with van der Waals surface area (Å²) in [5, 5.41) is 127. The lowest BCUT2D eigenvalue weighted by molar-refractivity contribution is -0.375. The Labute approximate surface area is 430 Å². The van der Waals surface area contributed by atoms with E-state index in [1.807, 2.05) is 0 Å². The number of rotatable bonds is 11. The van der Waals surface area contributed by atoms with E-state index in [1.54, 1.807) is 0 Å². The monoisotopic (exact) mass is 1060 g/mol. The Morgan fingerprint density at radius 3 is 2.03 bits per heavy atom. The summed E-state index contributed by atoms with van der Waals surface area (Å²) < 4.78 is 47.5. The van der Waals surface area contributed by atoms with Crippen LogP contribution in [0.4, 0.5) is 0 Å². The van der Waals surface area contributed by atoms with Gasteiger partial charge in [-0.05, 0) is 109 Å². The first-order valence-electron chi connectivity index (χ1n) is 26.6. The Bertz CT molecular complexity index is 2110. The van der Waals surface area contributed by atoms with E-state index in [9.17, 15) is 70.9 Å². The summed E-state index contributed by atoms with van der Waals surface area (Å²) in [6, 6.07) is 0. The van der Waals surface area contributed by atoms with Crippen LogP contribution in [-0.4, -0.2) is 210 Å². The van der Waals surface area contributed by atoms with Crippen molar-refractivity contribution >= 4 is 11.9 Å².